The molecule has 1 saturated heterocycles. The van der Waals surface area contributed by atoms with E-state index in [1.807, 2.05) is 0 Å². The predicted molar refractivity (Wildman–Crippen MR) is 116 cm³/mol. The highest BCUT2D eigenvalue weighted by Crippen LogP contribution is 2.41. The first kappa shape index (κ1) is 20.6. The molecule has 1 aliphatic carbocycles. The molecule has 7 heteroatoms. The van der Waals surface area contributed by atoms with Gasteiger partial charge in [0.05, 0.1) is 4.90 Å². The molecule has 1 N–H and O–H groups in total. The van der Waals surface area contributed by atoms with E-state index >= 15 is 0 Å². The maximum absolute atomic E-state index is 12.8. The molecule has 0 unspecified atom stereocenters. The second-order valence-electron chi connectivity index (χ2n) is 8.17. The van der Waals surface area contributed by atoms with E-state index in [1.54, 1.807) is 39.9 Å². The Kier molecular flexibility index (Phi) is 6.08. The minimum atomic E-state index is -3.47. The standard InChI is InChI=1S/C22H28N2O3S2/c25-21(23-17-22(11-2-3-12-22)19-10-15-28-16-19)18-6-8-20(9-7-18)29(26,27)24-13-4-1-5-14-24/h6-10,15-16H,1-5,11-14,17H2,(H,23,25). The van der Waals surface area contributed by atoms with Crippen molar-refractivity contribution in [1.29, 1.82) is 0 Å². The summed E-state index contributed by atoms with van der Waals surface area (Å²) in [5.74, 6) is -0.145. The molecule has 1 aromatic heterocycles. The molecule has 2 fully saturated rings. The molecule has 2 aromatic rings. The van der Waals surface area contributed by atoms with Crippen LogP contribution >= 0.6 is 11.3 Å². The summed E-state index contributed by atoms with van der Waals surface area (Å²) in [6.07, 6.45) is 7.47. The molecular weight excluding hydrogens is 404 g/mol. The van der Waals surface area contributed by atoms with Crippen LogP contribution in [-0.2, 0) is 15.4 Å². The maximum Gasteiger partial charge on any atom is 0.251 e. The van der Waals surface area contributed by atoms with Crippen molar-refractivity contribution in [3.05, 3.63) is 52.2 Å². The number of thiophene rings is 1. The summed E-state index contributed by atoms with van der Waals surface area (Å²) in [6, 6.07) is 8.53. The Balaban J connectivity index is 1.43. The van der Waals surface area contributed by atoms with Crippen molar-refractivity contribution in [3.63, 3.8) is 0 Å². The lowest BCUT2D eigenvalue weighted by molar-refractivity contribution is 0.0943. The monoisotopic (exact) mass is 432 g/mol. The summed E-state index contributed by atoms with van der Waals surface area (Å²) < 4.78 is 27.1. The number of carbonyl (C=O) groups is 1. The third-order valence-corrected chi connectivity index (χ3v) is 8.95. The van der Waals surface area contributed by atoms with Gasteiger partial charge in [0.25, 0.3) is 5.91 Å². The van der Waals surface area contributed by atoms with Crippen molar-refractivity contribution in [2.75, 3.05) is 19.6 Å². The number of piperidine rings is 1. The van der Waals surface area contributed by atoms with Crippen LogP contribution in [0.15, 0.2) is 46.0 Å². The molecule has 0 spiro atoms. The van der Waals surface area contributed by atoms with Gasteiger partial charge in [0, 0.05) is 30.6 Å². The number of benzene rings is 1. The smallest absolute Gasteiger partial charge is 0.251 e. The number of nitrogens with zero attached hydrogens (tertiary/aromatic N) is 1. The first-order chi connectivity index (χ1) is 14.0. The molecular formula is C22H28N2O3S2. The van der Waals surface area contributed by atoms with Gasteiger partial charge in [0.15, 0.2) is 0 Å². The van der Waals surface area contributed by atoms with Crippen LogP contribution in [0.4, 0.5) is 0 Å². The molecule has 0 atom stereocenters. The summed E-state index contributed by atoms with van der Waals surface area (Å²) in [5.41, 5.74) is 1.86. The lowest BCUT2D eigenvalue weighted by Gasteiger charge is -2.29. The number of nitrogens with one attached hydrogen (secondary N) is 1. The van der Waals surface area contributed by atoms with Gasteiger partial charge in [-0.15, -0.1) is 0 Å². The average Bonchev–Trinajstić information content (AvgIpc) is 3.45. The van der Waals surface area contributed by atoms with Crippen molar-refractivity contribution in [1.82, 2.24) is 9.62 Å². The lowest BCUT2D eigenvalue weighted by atomic mass is 9.80. The second-order valence-corrected chi connectivity index (χ2v) is 10.9. The van der Waals surface area contributed by atoms with E-state index < -0.39 is 10.0 Å². The van der Waals surface area contributed by atoms with Crippen LogP contribution in [0, 0.1) is 0 Å². The van der Waals surface area contributed by atoms with E-state index in [2.05, 4.69) is 22.1 Å². The van der Waals surface area contributed by atoms with Crippen LogP contribution in [0.1, 0.15) is 60.9 Å². The third kappa shape index (κ3) is 4.27. The summed E-state index contributed by atoms with van der Waals surface area (Å²) in [7, 11) is -3.47. The number of carbonyl (C=O) groups excluding carboxylic acids is 1. The highest BCUT2D eigenvalue weighted by atomic mass is 32.2. The Bertz CT molecular complexity index is 925. The van der Waals surface area contributed by atoms with Gasteiger partial charge >= 0.3 is 0 Å². The number of amides is 1. The zero-order valence-electron chi connectivity index (χ0n) is 16.6. The van der Waals surface area contributed by atoms with Gasteiger partial charge in [-0.2, -0.15) is 15.6 Å². The van der Waals surface area contributed by atoms with Gasteiger partial charge in [-0.1, -0.05) is 19.3 Å². The summed E-state index contributed by atoms with van der Waals surface area (Å²) in [4.78, 5) is 13.0. The van der Waals surface area contributed by atoms with Crippen molar-refractivity contribution >= 4 is 27.3 Å². The van der Waals surface area contributed by atoms with Crippen LogP contribution in [0.3, 0.4) is 0 Å². The first-order valence-electron chi connectivity index (χ1n) is 10.4. The summed E-state index contributed by atoms with van der Waals surface area (Å²) in [6.45, 7) is 1.78. The molecule has 0 bridgehead atoms. The number of hydrogen-bond donors (Lipinski definition) is 1. The first-order valence-corrected chi connectivity index (χ1v) is 12.8. The highest BCUT2D eigenvalue weighted by molar-refractivity contribution is 7.89. The fourth-order valence-corrected chi connectivity index (χ4v) is 6.87. The van der Waals surface area contributed by atoms with Gasteiger partial charge in [0.2, 0.25) is 10.0 Å². The Morgan fingerprint density at radius 2 is 1.69 bits per heavy atom. The zero-order valence-corrected chi connectivity index (χ0v) is 18.2. The predicted octanol–water partition coefficient (Wildman–Crippen LogP) is 4.16. The van der Waals surface area contributed by atoms with E-state index in [4.69, 9.17) is 0 Å². The second kappa shape index (κ2) is 8.58. The molecule has 1 aromatic carbocycles. The van der Waals surface area contributed by atoms with Crippen LogP contribution < -0.4 is 5.32 Å². The summed E-state index contributed by atoms with van der Waals surface area (Å²) >= 11 is 1.70. The normalized spacial score (nSPS) is 19.9. The SMILES string of the molecule is O=C(NCC1(c2ccsc2)CCCC1)c1ccc(S(=O)(=O)N2CCCCC2)cc1. The largest absolute Gasteiger partial charge is 0.351 e. The molecule has 1 amide bonds. The molecule has 4 rings (SSSR count). The molecule has 1 saturated carbocycles. The third-order valence-electron chi connectivity index (χ3n) is 6.35. The average molecular weight is 433 g/mol. The van der Waals surface area contributed by atoms with Gasteiger partial charge in [-0.05, 0) is 72.3 Å². The van der Waals surface area contributed by atoms with Gasteiger partial charge in [-0.25, -0.2) is 8.42 Å². The minimum absolute atomic E-state index is 0.0349. The van der Waals surface area contributed by atoms with E-state index in [0.717, 1.165) is 32.1 Å². The van der Waals surface area contributed by atoms with Crippen LogP contribution in [0.25, 0.3) is 0 Å². The highest BCUT2D eigenvalue weighted by Gasteiger charge is 2.36. The number of sulfonamides is 1. The zero-order chi connectivity index (χ0) is 20.3. The van der Waals surface area contributed by atoms with Crippen molar-refractivity contribution < 1.29 is 13.2 Å². The molecule has 5 nitrogen and oxygen atoms in total. The van der Waals surface area contributed by atoms with Gasteiger partial charge < -0.3 is 5.32 Å². The fraction of sp³-hybridized carbons (Fsp3) is 0.500. The Morgan fingerprint density at radius 3 is 2.31 bits per heavy atom. The van der Waals surface area contributed by atoms with Gasteiger partial charge in [-0.3, -0.25) is 4.79 Å². The van der Waals surface area contributed by atoms with Crippen LogP contribution in [-0.4, -0.2) is 38.3 Å². The Hall–Kier alpha value is -1.70. The number of rotatable bonds is 6. The molecule has 1 aliphatic heterocycles. The van der Waals surface area contributed by atoms with E-state index in [-0.39, 0.29) is 16.2 Å². The van der Waals surface area contributed by atoms with Crippen molar-refractivity contribution in [2.24, 2.45) is 0 Å². The van der Waals surface area contributed by atoms with Crippen molar-refractivity contribution in [2.45, 2.75) is 55.3 Å². The fourth-order valence-electron chi connectivity index (χ4n) is 4.57. The molecule has 156 valence electrons. The van der Waals surface area contributed by atoms with Gasteiger partial charge in [0.1, 0.15) is 0 Å². The van der Waals surface area contributed by atoms with E-state index in [1.165, 1.54) is 18.4 Å². The quantitative estimate of drug-likeness (QED) is 0.745. The number of hydrogen-bond acceptors (Lipinski definition) is 4. The van der Waals surface area contributed by atoms with Crippen LogP contribution in [0.5, 0.6) is 0 Å². The minimum Gasteiger partial charge on any atom is -0.351 e. The Labute approximate surface area is 177 Å². The van der Waals surface area contributed by atoms with E-state index in [0.29, 0.717) is 25.2 Å². The molecule has 0 radical (unpaired) electrons. The molecule has 29 heavy (non-hydrogen) atoms. The topological polar surface area (TPSA) is 66.5 Å². The van der Waals surface area contributed by atoms with E-state index in [9.17, 15) is 13.2 Å². The lowest BCUT2D eigenvalue weighted by Crippen LogP contribution is -2.38. The summed E-state index contributed by atoms with van der Waals surface area (Å²) in [5, 5.41) is 7.39. The molecule has 2 heterocycles. The maximum atomic E-state index is 12.8. The molecule has 2 aliphatic rings. The van der Waals surface area contributed by atoms with Crippen LogP contribution in [0.2, 0.25) is 0 Å². The Morgan fingerprint density at radius 1 is 1.00 bits per heavy atom. The van der Waals surface area contributed by atoms with Crippen molar-refractivity contribution in [3.8, 4) is 0 Å².